The van der Waals surface area contributed by atoms with Gasteiger partial charge in [-0.3, -0.25) is 0 Å². The quantitative estimate of drug-likeness (QED) is 0.528. The minimum atomic E-state index is -0.0790. The van der Waals surface area contributed by atoms with Crippen molar-refractivity contribution in [3.63, 3.8) is 0 Å². The molecule has 0 aliphatic rings. The lowest BCUT2D eigenvalue weighted by atomic mass is 10.1. The Labute approximate surface area is 106 Å². The maximum atomic E-state index is 4.26. The number of nitrogens with one attached hydrogen (secondary N) is 1. The van der Waals surface area contributed by atoms with Crippen molar-refractivity contribution in [2.45, 2.75) is 37.7 Å². The van der Waals surface area contributed by atoms with Crippen LogP contribution in [-0.4, -0.2) is 17.0 Å². The summed E-state index contributed by atoms with van der Waals surface area (Å²) >= 11 is 2.36. The van der Waals surface area contributed by atoms with Crippen LogP contribution in [0.5, 0.6) is 0 Å². The number of aromatic nitrogens is 2. The van der Waals surface area contributed by atoms with E-state index >= 15 is 0 Å². The zero-order chi connectivity index (χ0) is 11.9. The summed E-state index contributed by atoms with van der Waals surface area (Å²) in [4.78, 5) is 8.31. The number of aryl methyl sites for hydroxylation is 1. The molecule has 0 aliphatic heterocycles. The number of hydrogen-bond donors (Lipinski definition) is 1. The highest BCUT2D eigenvalue weighted by molar-refractivity contribution is 14.1. The van der Waals surface area contributed by atoms with Crippen molar-refractivity contribution in [3.05, 3.63) is 23.8 Å². The summed E-state index contributed by atoms with van der Waals surface area (Å²) in [6, 6.07) is 0. The van der Waals surface area contributed by atoms with Crippen molar-refractivity contribution < 1.29 is 0 Å². The fraction of sp³-hybridized carbons (Fsp3) is 0.636. The molecule has 1 heterocycles. The van der Waals surface area contributed by atoms with Crippen molar-refractivity contribution in [3.8, 4) is 0 Å². The second-order valence-electron chi connectivity index (χ2n) is 2.99. The first-order valence-corrected chi connectivity index (χ1v) is 6.37. The van der Waals surface area contributed by atoms with Gasteiger partial charge in [0, 0.05) is 17.5 Å². The molecule has 4 heteroatoms. The summed E-state index contributed by atoms with van der Waals surface area (Å²) < 4.78 is -0.0790. The second-order valence-corrected chi connectivity index (χ2v) is 5.15. The highest BCUT2D eigenvalue weighted by Crippen LogP contribution is 2.28. The smallest absolute Gasteiger partial charge is 0.115 e. The van der Waals surface area contributed by atoms with E-state index in [-0.39, 0.29) is 3.55 Å². The molecule has 0 amide bonds. The van der Waals surface area contributed by atoms with E-state index in [1.807, 2.05) is 27.1 Å². The summed E-state index contributed by atoms with van der Waals surface area (Å²) in [5.74, 6) is 0. The molecule has 1 unspecified atom stereocenters. The van der Waals surface area contributed by atoms with E-state index in [1.54, 1.807) is 6.33 Å². The third-order valence-electron chi connectivity index (χ3n) is 2.10. The van der Waals surface area contributed by atoms with Gasteiger partial charge in [-0.1, -0.05) is 43.4 Å². The van der Waals surface area contributed by atoms with Crippen LogP contribution in [0.3, 0.4) is 0 Å². The molecule has 1 N–H and O–H groups in total. The average molecular weight is 321 g/mol. The standard InChI is InChI=1S/C9H14IN3.C2H6/c1-4-8-7(5-12-6-13-8)9(2,10)11-3;1-2/h5-6,11H,4H2,1-3H3;1-2H3. The van der Waals surface area contributed by atoms with Gasteiger partial charge in [0.15, 0.2) is 0 Å². The summed E-state index contributed by atoms with van der Waals surface area (Å²) in [5.41, 5.74) is 2.28. The van der Waals surface area contributed by atoms with E-state index < -0.39 is 0 Å². The Morgan fingerprint density at radius 3 is 2.53 bits per heavy atom. The predicted octanol–water partition coefficient (Wildman–Crippen LogP) is 2.89. The van der Waals surface area contributed by atoms with Crippen molar-refractivity contribution in [2.75, 3.05) is 7.05 Å². The van der Waals surface area contributed by atoms with Gasteiger partial charge >= 0.3 is 0 Å². The van der Waals surface area contributed by atoms with E-state index in [4.69, 9.17) is 0 Å². The van der Waals surface area contributed by atoms with E-state index in [2.05, 4.69) is 51.7 Å². The van der Waals surface area contributed by atoms with Crippen LogP contribution in [0.1, 0.15) is 39.0 Å². The molecule has 1 rings (SSSR count). The van der Waals surface area contributed by atoms with Crippen molar-refractivity contribution in [2.24, 2.45) is 0 Å². The zero-order valence-electron chi connectivity index (χ0n) is 10.1. The molecule has 3 nitrogen and oxygen atoms in total. The minimum absolute atomic E-state index is 0.0790. The van der Waals surface area contributed by atoms with Gasteiger partial charge in [-0.2, -0.15) is 0 Å². The van der Waals surface area contributed by atoms with Crippen molar-refractivity contribution >= 4 is 22.6 Å². The molecule has 0 fully saturated rings. The van der Waals surface area contributed by atoms with Gasteiger partial charge in [0.2, 0.25) is 0 Å². The molecule has 0 aliphatic carbocycles. The van der Waals surface area contributed by atoms with E-state index in [1.165, 1.54) is 5.56 Å². The van der Waals surface area contributed by atoms with Crippen molar-refractivity contribution in [1.82, 2.24) is 15.3 Å². The topological polar surface area (TPSA) is 37.8 Å². The Morgan fingerprint density at radius 2 is 2.07 bits per heavy atom. The van der Waals surface area contributed by atoms with Crippen LogP contribution in [0.25, 0.3) is 0 Å². The first-order chi connectivity index (χ1) is 7.11. The van der Waals surface area contributed by atoms with Crippen LogP contribution in [-0.2, 0) is 9.97 Å². The first kappa shape index (κ1) is 14.8. The molecular weight excluding hydrogens is 301 g/mol. The van der Waals surface area contributed by atoms with Crippen LogP contribution < -0.4 is 5.32 Å². The summed E-state index contributed by atoms with van der Waals surface area (Å²) in [6.07, 6.45) is 4.43. The summed E-state index contributed by atoms with van der Waals surface area (Å²) in [5, 5.41) is 3.24. The summed E-state index contributed by atoms with van der Waals surface area (Å²) in [6.45, 7) is 8.22. The summed E-state index contributed by atoms with van der Waals surface area (Å²) in [7, 11) is 1.94. The normalized spacial score (nSPS) is 13.7. The van der Waals surface area contributed by atoms with Crippen LogP contribution in [0, 0.1) is 0 Å². The lowest BCUT2D eigenvalue weighted by Gasteiger charge is -2.23. The third kappa shape index (κ3) is 4.03. The molecule has 86 valence electrons. The van der Waals surface area contributed by atoms with E-state index in [9.17, 15) is 0 Å². The molecule has 0 saturated carbocycles. The van der Waals surface area contributed by atoms with Crippen LogP contribution in [0.2, 0.25) is 0 Å². The Hall–Kier alpha value is -0.230. The van der Waals surface area contributed by atoms with Gasteiger partial charge < -0.3 is 5.32 Å². The fourth-order valence-electron chi connectivity index (χ4n) is 1.16. The van der Waals surface area contributed by atoms with E-state index in [0.29, 0.717) is 0 Å². The van der Waals surface area contributed by atoms with Gasteiger partial charge in [-0.05, 0) is 20.4 Å². The van der Waals surface area contributed by atoms with Gasteiger partial charge in [-0.25, -0.2) is 9.97 Å². The molecule has 0 aromatic carbocycles. The van der Waals surface area contributed by atoms with Gasteiger partial charge in [-0.15, -0.1) is 0 Å². The van der Waals surface area contributed by atoms with Gasteiger partial charge in [0.1, 0.15) is 6.33 Å². The monoisotopic (exact) mass is 321 g/mol. The molecule has 1 aromatic heterocycles. The Bertz CT molecular complexity index is 287. The number of nitrogens with zero attached hydrogens (tertiary/aromatic N) is 2. The lowest BCUT2D eigenvalue weighted by molar-refractivity contribution is 0.607. The van der Waals surface area contributed by atoms with Crippen LogP contribution >= 0.6 is 22.6 Å². The van der Waals surface area contributed by atoms with E-state index in [0.717, 1.165) is 12.1 Å². The lowest BCUT2D eigenvalue weighted by Crippen LogP contribution is -2.31. The Balaban J connectivity index is 0.000000921. The molecule has 0 radical (unpaired) electrons. The van der Waals surface area contributed by atoms with Crippen molar-refractivity contribution in [1.29, 1.82) is 0 Å². The number of rotatable bonds is 3. The highest BCUT2D eigenvalue weighted by Gasteiger charge is 2.23. The zero-order valence-corrected chi connectivity index (χ0v) is 12.3. The molecule has 0 saturated heterocycles. The average Bonchev–Trinajstić information content (AvgIpc) is 2.31. The second kappa shape index (κ2) is 7.11. The Kier molecular flexibility index (Phi) is 7.00. The van der Waals surface area contributed by atoms with Gasteiger partial charge in [0.05, 0.1) is 3.55 Å². The first-order valence-electron chi connectivity index (χ1n) is 5.29. The maximum absolute atomic E-state index is 4.26. The fourth-order valence-corrected chi connectivity index (χ4v) is 1.61. The number of hydrogen-bond acceptors (Lipinski definition) is 3. The minimum Gasteiger partial charge on any atom is -0.302 e. The van der Waals surface area contributed by atoms with Crippen LogP contribution in [0.15, 0.2) is 12.5 Å². The van der Waals surface area contributed by atoms with Gasteiger partial charge in [0.25, 0.3) is 0 Å². The molecular formula is C11H20IN3. The number of alkyl halides is 1. The Morgan fingerprint density at radius 1 is 1.47 bits per heavy atom. The SMILES string of the molecule is CC.CCc1ncncc1C(C)(I)NC. The third-order valence-corrected chi connectivity index (χ3v) is 3.23. The molecule has 1 atom stereocenters. The van der Waals surface area contributed by atoms with Crippen LogP contribution in [0.4, 0.5) is 0 Å². The largest absolute Gasteiger partial charge is 0.302 e. The molecule has 0 spiro atoms. The highest BCUT2D eigenvalue weighted by atomic mass is 127. The predicted molar refractivity (Wildman–Crippen MR) is 73.2 cm³/mol. The molecule has 1 aromatic rings. The number of halogens is 1. The molecule has 15 heavy (non-hydrogen) atoms. The maximum Gasteiger partial charge on any atom is 0.115 e. The molecule has 0 bridgehead atoms.